The van der Waals surface area contributed by atoms with E-state index in [2.05, 4.69) is 4.98 Å². The Morgan fingerprint density at radius 2 is 1.53 bits per heavy atom. The van der Waals surface area contributed by atoms with Gasteiger partial charge in [-0.05, 0) is 24.3 Å². The van der Waals surface area contributed by atoms with Crippen LogP contribution in [-0.4, -0.2) is 65.2 Å². The molecule has 0 radical (unpaired) electrons. The molecule has 0 saturated carbocycles. The molecule has 0 bridgehead atoms. The van der Waals surface area contributed by atoms with Gasteiger partial charge in [-0.25, -0.2) is 22.2 Å². The molecule has 0 spiro atoms. The van der Waals surface area contributed by atoms with Crippen molar-refractivity contribution in [3.63, 3.8) is 0 Å². The molecule has 34 heavy (non-hydrogen) atoms. The van der Waals surface area contributed by atoms with Crippen LogP contribution in [0.2, 0.25) is 0 Å². The van der Waals surface area contributed by atoms with E-state index in [4.69, 9.17) is 14.2 Å². The summed E-state index contributed by atoms with van der Waals surface area (Å²) in [7, 11) is 0.312. The lowest BCUT2D eigenvalue weighted by molar-refractivity contribution is 0.324. The van der Waals surface area contributed by atoms with Crippen molar-refractivity contribution in [2.45, 2.75) is 4.90 Å². The Morgan fingerprint density at radius 1 is 0.941 bits per heavy atom. The number of rotatable bonds is 7. The number of methoxy groups -OCH3 is 3. The largest absolute Gasteiger partial charge is 0.493 e. The number of thiazole rings is 1. The number of aromatic nitrogens is 1. The number of halogens is 2. The van der Waals surface area contributed by atoms with Crippen molar-refractivity contribution >= 4 is 26.5 Å². The second-order valence-corrected chi connectivity index (χ2v) is 10.1. The monoisotopic (exact) mass is 511 g/mol. The average molecular weight is 512 g/mol. The molecule has 2 aromatic carbocycles. The normalized spacial score (nSPS) is 14.8. The number of ether oxygens (including phenoxy) is 3. The minimum Gasteiger partial charge on any atom is -0.493 e. The van der Waals surface area contributed by atoms with E-state index in [9.17, 15) is 17.2 Å². The Morgan fingerprint density at radius 3 is 2.06 bits per heavy atom. The van der Waals surface area contributed by atoms with Gasteiger partial charge in [-0.15, -0.1) is 11.3 Å². The molecule has 182 valence electrons. The molecule has 12 heteroatoms. The highest BCUT2D eigenvalue weighted by Crippen LogP contribution is 2.42. The Balaban J connectivity index is 1.52. The fourth-order valence-electron chi connectivity index (χ4n) is 3.75. The standard InChI is InChI=1S/C22H23F2N3O5S2/c1-30-18-11-14(12-19(31-2)20(18)32-3)17-13-33-22(25-17)26-7-9-27(10-8-26)34(28,29)21-15(23)5-4-6-16(21)24/h4-6,11-13H,7-10H2,1-3H3. The molecular formula is C22H23F2N3O5S2. The van der Waals surface area contributed by atoms with Crippen LogP contribution in [0.5, 0.6) is 17.2 Å². The van der Waals surface area contributed by atoms with Gasteiger partial charge in [-0.2, -0.15) is 4.31 Å². The van der Waals surface area contributed by atoms with Gasteiger partial charge in [-0.3, -0.25) is 0 Å². The summed E-state index contributed by atoms with van der Waals surface area (Å²) in [6.45, 7) is 0.819. The lowest BCUT2D eigenvalue weighted by Gasteiger charge is -2.33. The average Bonchev–Trinajstić information content (AvgIpc) is 3.33. The van der Waals surface area contributed by atoms with Crippen LogP contribution >= 0.6 is 11.3 Å². The zero-order valence-electron chi connectivity index (χ0n) is 18.7. The highest BCUT2D eigenvalue weighted by molar-refractivity contribution is 7.89. The van der Waals surface area contributed by atoms with Gasteiger partial charge in [0, 0.05) is 37.1 Å². The van der Waals surface area contributed by atoms with Gasteiger partial charge in [0.15, 0.2) is 21.5 Å². The third kappa shape index (κ3) is 4.40. The molecule has 1 aliphatic heterocycles. The van der Waals surface area contributed by atoms with E-state index in [0.717, 1.165) is 28.1 Å². The molecule has 0 amide bonds. The smallest absolute Gasteiger partial charge is 0.249 e. The van der Waals surface area contributed by atoms with Crippen molar-refractivity contribution in [3.05, 3.63) is 47.3 Å². The van der Waals surface area contributed by atoms with E-state index in [1.165, 1.54) is 32.7 Å². The maximum atomic E-state index is 14.1. The van der Waals surface area contributed by atoms with Crippen LogP contribution in [0.15, 0.2) is 40.6 Å². The van der Waals surface area contributed by atoms with Crippen molar-refractivity contribution in [2.75, 3.05) is 52.4 Å². The highest BCUT2D eigenvalue weighted by Gasteiger charge is 2.33. The van der Waals surface area contributed by atoms with Crippen LogP contribution in [0, 0.1) is 11.6 Å². The van der Waals surface area contributed by atoms with Crippen LogP contribution in [0.4, 0.5) is 13.9 Å². The van der Waals surface area contributed by atoms with E-state index in [0.29, 0.717) is 41.2 Å². The molecule has 0 aliphatic carbocycles. The van der Waals surface area contributed by atoms with Crippen LogP contribution in [-0.2, 0) is 10.0 Å². The molecule has 1 saturated heterocycles. The van der Waals surface area contributed by atoms with E-state index in [-0.39, 0.29) is 13.1 Å². The number of anilines is 1. The van der Waals surface area contributed by atoms with Crippen molar-refractivity contribution in [3.8, 4) is 28.5 Å². The third-order valence-corrected chi connectivity index (χ3v) is 8.33. The van der Waals surface area contributed by atoms with Gasteiger partial charge < -0.3 is 19.1 Å². The van der Waals surface area contributed by atoms with Crippen molar-refractivity contribution in [2.24, 2.45) is 0 Å². The lowest BCUT2D eigenvalue weighted by atomic mass is 10.1. The molecular weight excluding hydrogens is 488 g/mol. The maximum Gasteiger partial charge on any atom is 0.249 e. The predicted molar refractivity (Wildman–Crippen MR) is 125 cm³/mol. The fourth-order valence-corrected chi connectivity index (χ4v) is 6.17. The number of sulfonamides is 1. The summed E-state index contributed by atoms with van der Waals surface area (Å²) in [5.41, 5.74) is 1.47. The fraction of sp³-hybridized carbons (Fsp3) is 0.318. The molecule has 0 atom stereocenters. The first-order valence-electron chi connectivity index (χ1n) is 10.2. The zero-order chi connectivity index (χ0) is 24.5. The summed E-state index contributed by atoms with van der Waals surface area (Å²) in [6.07, 6.45) is 0. The molecule has 0 unspecified atom stereocenters. The first-order chi connectivity index (χ1) is 16.3. The van der Waals surface area contributed by atoms with E-state index < -0.39 is 26.6 Å². The van der Waals surface area contributed by atoms with Gasteiger partial charge in [0.2, 0.25) is 15.8 Å². The quantitative estimate of drug-likeness (QED) is 0.479. The minimum absolute atomic E-state index is 0.0786. The molecule has 2 heterocycles. The Hall–Kier alpha value is -2.96. The zero-order valence-corrected chi connectivity index (χ0v) is 20.4. The summed E-state index contributed by atoms with van der Waals surface area (Å²) in [5.74, 6) is -0.710. The summed E-state index contributed by atoms with van der Waals surface area (Å²) in [4.78, 5) is 5.71. The topological polar surface area (TPSA) is 81.2 Å². The van der Waals surface area contributed by atoms with Crippen LogP contribution in [0.3, 0.4) is 0 Å². The number of benzene rings is 2. The van der Waals surface area contributed by atoms with Crippen molar-refractivity contribution < 1.29 is 31.4 Å². The molecule has 8 nitrogen and oxygen atoms in total. The van der Waals surface area contributed by atoms with E-state index >= 15 is 0 Å². The second kappa shape index (κ2) is 9.72. The van der Waals surface area contributed by atoms with Gasteiger partial charge in [-0.1, -0.05) is 6.07 Å². The first kappa shape index (κ1) is 24.2. The van der Waals surface area contributed by atoms with Gasteiger partial charge in [0.1, 0.15) is 11.6 Å². The summed E-state index contributed by atoms with van der Waals surface area (Å²) in [6, 6.07) is 6.61. The van der Waals surface area contributed by atoms with Gasteiger partial charge in [0.25, 0.3) is 0 Å². The van der Waals surface area contributed by atoms with Gasteiger partial charge >= 0.3 is 0 Å². The SMILES string of the molecule is COc1cc(-c2csc(N3CCN(S(=O)(=O)c4c(F)cccc4F)CC3)n2)cc(OC)c1OC. The van der Waals surface area contributed by atoms with E-state index in [1.54, 1.807) is 12.1 Å². The Kier molecular flexibility index (Phi) is 6.91. The molecule has 1 fully saturated rings. The Labute approximate surface area is 200 Å². The van der Waals surface area contributed by atoms with E-state index in [1.807, 2.05) is 10.3 Å². The molecule has 1 aliphatic rings. The number of hydrogen-bond acceptors (Lipinski definition) is 8. The highest BCUT2D eigenvalue weighted by atomic mass is 32.2. The summed E-state index contributed by atoms with van der Waals surface area (Å²) >= 11 is 1.41. The predicted octanol–water partition coefficient (Wildman–Crippen LogP) is 3.63. The number of hydrogen-bond donors (Lipinski definition) is 0. The summed E-state index contributed by atoms with van der Waals surface area (Å²) < 4.78 is 71.0. The Bertz CT molecular complexity index is 1250. The molecule has 4 rings (SSSR count). The van der Waals surface area contributed by atoms with Gasteiger partial charge in [0.05, 0.1) is 27.0 Å². The second-order valence-electron chi connectivity index (χ2n) is 7.37. The lowest BCUT2D eigenvalue weighted by Crippen LogP contribution is -2.49. The number of piperazine rings is 1. The number of nitrogens with zero attached hydrogens (tertiary/aromatic N) is 3. The van der Waals surface area contributed by atoms with Crippen molar-refractivity contribution in [1.29, 1.82) is 0 Å². The third-order valence-electron chi connectivity index (χ3n) is 5.48. The molecule has 0 N–H and O–H groups in total. The summed E-state index contributed by atoms with van der Waals surface area (Å²) in [5, 5.41) is 2.59. The first-order valence-corrected chi connectivity index (χ1v) is 12.6. The van der Waals surface area contributed by atoms with Crippen LogP contribution < -0.4 is 19.1 Å². The van der Waals surface area contributed by atoms with Crippen molar-refractivity contribution in [1.82, 2.24) is 9.29 Å². The molecule has 1 aromatic heterocycles. The minimum atomic E-state index is -4.29. The van der Waals surface area contributed by atoms with Crippen LogP contribution in [0.1, 0.15) is 0 Å². The van der Waals surface area contributed by atoms with Crippen LogP contribution in [0.25, 0.3) is 11.3 Å². The maximum absolute atomic E-state index is 14.1. The molecule has 3 aromatic rings.